The SMILES string of the molecule is CNc1nc(C)cc(-c2ccc3c(c2)nc(C)n3C)n1. The van der Waals surface area contributed by atoms with Gasteiger partial charge in [0.15, 0.2) is 0 Å². The molecule has 3 aromatic rings. The summed E-state index contributed by atoms with van der Waals surface area (Å²) in [4.78, 5) is 13.4. The van der Waals surface area contributed by atoms with E-state index in [0.717, 1.165) is 33.8 Å². The maximum atomic E-state index is 4.57. The predicted molar refractivity (Wildman–Crippen MR) is 80.8 cm³/mol. The summed E-state index contributed by atoms with van der Waals surface area (Å²) in [6.07, 6.45) is 0. The fraction of sp³-hybridized carbons (Fsp3) is 0.267. The predicted octanol–water partition coefficient (Wildman–Crippen LogP) is 2.69. The molecule has 1 N–H and O–H groups in total. The number of hydrogen-bond donors (Lipinski definition) is 1. The molecule has 0 spiro atoms. The molecule has 0 saturated carbocycles. The van der Waals surface area contributed by atoms with E-state index in [2.05, 4.69) is 43.0 Å². The van der Waals surface area contributed by atoms with Crippen LogP contribution in [0.4, 0.5) is 5.95 Å². The molecule has 0 amide bonds. The van der Waals surface area contributed by atoms with Gasteiger partial charge in [0, 0.05) is 25.4 Å². The average molecular weight is 267 g/mol. The van der Waals surface area contributed by atoms with Crippen LogP contribution in [0, 0.1) is 13.8 Å². The first-order valence-electron chi connectivity index (χ1n) is 6.55. The Morgan fingerprint density at radius 2 is 1.85 bits per heavy atom. The molecule has 5 nitrogen and oxygen atoms in total. The number of rotatable bonds is 2. The second kappa shape index (κ2) is 4.59. The van der Waals surface area contributed by atoms with Gasteiger partial charge in [-0.2, -0.15) is 0 Å². The highest BCUT2D eigenvalue weighted by Crippen LogP contribution is 2.24. The molecule has 1 aromatic carbocycles. The van der Waals surface area contributed by atoms with Crippen molar-refractivity contribution in [1.82, 2.24) is 19.5 Å². The van der Waals surface area contributed by atoms with E-state index in [-0.39, 0.29) is 0 Å². The first kappa shape index (κ1) is 12.6. The van der Waals surface area contributed by atoms with Crippen LogP contribution in [0.1, 0.15) is 11.5 Å². The molecule has 2 aromatic heterocycles. The highest BCUT2D eigenvalue weighted by Gasteiger charge is 2.08. The molecule has 2 heterocycles. The summed E-state index contributed by atoms with van der Waals surface area (Å²) < 4.78 is 2.09. The Morgan fingerprint density at radius 1 is 1.05 bits per heavy atom. The van der Waals surface area contributed by atoms with Crippen LogP contribution in [0.2, 0.25) is 0 Å². The molecule has 0 aliphatic carbocycles. The molecular weight excluding hydrogens is 250 g/mol. The summed E-state index contributed by atoms with van der Waals surface area (Å²) in [5, 5.41) is 2.99. The summed E-state index contributed by atoms with van der Waals surface area (Å²) >= 11 is 0. The van der Waals surface area contributed by atoms with Gasteiger partial charge in [-0.15, -0.1) is 0 Å². The number of aryl methyl sites for hydroxylation is 3. The number of imidazole rings is 1. The monoisotopic (exact) mass is 267 g/mol. The van der Waals surface area contributed by atoms with Gasteiger partial charge in [-0.25, -0.2) is 15.0 Å². The molecule has 0 radical (unpaired) electrons. The van der Waals surface area contributed by atoms with Crippen molar-refractivity contribution in [2.24, 2.45) is 7.05 Å². The fourth-order valence-corrected chi connectivity index (χ4v) is 2.31. The van der Waals surface area contributed by atoms with E-state index >= 15 is 0 Å². The van der Waals surface area contributed by atoms with Crippen molar-refractivity contribution in [3.05, 3.63) is 35.8 Å². The molecule has 0 fully saturated rings. The second-order valence-corrected chi connectivity index (χ2v) is 4.89. The van der Waals surface area contributed by atoms with E-state index in [4.69, 9.17) is 0 Å². The van der Waals surface area contributed by atoms with Crippen LogP contribution in [0.5, 0.6) is 0 Å². The van der Waals surface area contributed by atoms with Gasteiger partial charge in [0.25, 0.3) is 0 Å². The molecule has 3 rings (SSSR count). The van der Waals surface area contributed by atoms with Crippen molar-refractivity contribution in [3.8, 4) is 11.3 Å². The van der Waals surface area contributed by atoms with Gasteiger partial charge in [0.2, 0.25) is 5.95 Å². The van der Waals surface area contributed by atoms with Crippen LogP contribution in [0.15, 0.2) is 24.3 Å². The number of aromatic nitrogens is 4. The van der Waals surface area contributed by atoms with E-state index < -0.39 is 0 Å². The van der Waals surface area contributed by atoms with Gasteiger partial charge < -0.3 is 9.88 Å². The van der Waals surface area contributed by atoms with E-state index in [9.17, 15) is 0 Å². The number of anilines is 1. The quantitative estimate of drug-likeness (QED) is 0.775. The molecule has 5 heteroatoms. The first-order valence-corrected chi connectivity index (χ1v) is 6.55. The van der Waals surface area contributed by atoms with Crippen molar-refractivity contribution in [1.29, 1.82) is 0 Å². The van der Waals surface area contributed by atoms with Gasteiger partial charge in [0.05, 0.1) is 16.7 Å². The van der Waals surface area contributed by atoms with Crippen molar-refractivity contribution < 1.29 is 0 Å². The summed E-state index contributed by atoms with van der Waals surface area (Å²) in [7, 11) is 3.85. The number of fused-ring (bicyclic) bond motifs is 1. The third-order valence-electron chi connectivity index (χ3n) is 3.48. The average Bonchev–Trinajstić information content (AvgIpc) is 2.73. The van der Waals surface area contributed by atoms with Crippen LogP contribution in [0.25, 0.3) is 22.3 Å². The highest BCUT2D eigenvalue weighted by molar-refractivity contribution is 5.82. The molecule has 0 atom stereocenters. The van der Waals surface area contributed by atoms with Crippen molar-refractivity contribution >= 4 is 17.0 Å². The lowest BCUT2D eigenvalue weighted by atomic mass is 10.1. The minimum Gasteiger partial charge on any atom is -0.357 e. The van der Waals surface area contributed by atoms with E-state index in [1.54, 1.807) is 0 Å². The third-order valence-corrected chi connectivity index (χ3v) is 3.48. The number of hydrogen-bond acceptors (Lipinski definition) is 4. The largest absolute Gasteiger partial charge is 0.357 e. The Morgan fingerprint density at radius 3 is 2.60 bits per heavy atom. The Hall–Kier alpha value is -2.43. The summed E-state index contributed by atoms with van der Waals surface area (Å²) in [5.74, 6) is 1.64. The zero-order chi connectivity index (χ0) is 14.3. The van der Waals surface area contributed by atoms with Gasteiger partial charge >= 0.3 is 0 Å². The standard InChI is InChI=1S/C15H17N5/c1-9-7-12(19-15(16-3)17-9)11-5-6-14-13(8-11)18-10(2)20(14)4/h5-8H,1-4H3,(H,16,17,19). The first-order chi connectivity index (χ1) is 9.58. The summed E-state index contributed by atoms with van der Waals surface area (Å²) in [5.41, 5.74) is 5.02. The zero-order valence-corrected chi connectivity index (χ0v) is 12.1. The lowest BCUT2D eigenvalue weighted by Gasteiger charge is -2.06. The maximum Gasteiger partial charge on any atom is 0.223 e. The van der Waals surface area contributed by atoms with Crippen LogP contribution in [0.3, 0.4) is 0 Å². The number of nitrogens with zero attached hydrogens (tertiary/aromatic N) is 4. The number of nitrogens with one attached hydrogen (secondary N) is 1. The maximum absolute atomic E-state index is 4.57. The van der Waals surface area contributed by atoms with Crippen LogP contribution >= 0.6 is 0 Å². The van der Waals surface area contributed by atoms with E-state index in [1.165, 1.54) is 0 Å². The van der Waals surface area contributed by atoms with Gasteiger partial charge in [-0.05, 0) is 32.0 Å². The van der Waals surface area contributed by atoms with E-state index in [0.29, 0.717) is 5.95 Å². The van der Waals surface area contributed by atoms with Gasteiger partial charge in [0.1, 0.15) is 5.82 Å². The lowest BCUT2D eigenvalue weighted by Crippen LogP contribution is -1.99. The zero-order valence-electron chi connectivity index (χ0n) is 12.1. The highest BCUT2D eigenvalue weighted by atomic mass is 15.1. The summed E-state index contributed by atoms with van der Waals surface area (Å²) in [6.45, 7) is 3.98. The van der Waals surface area contributed by atoms with Crippen LogP contribution in [-0.4, -0.2) is 26.6 Å². The smallest absolute Gasteiger partial charge is 0.223 e. The topological polar surface area (TPSA) is 55.6 Å². The van der Waals surface area contributed by atoms with Crippen LogP contribution < -0.4 is 5.32 Å². The van der Waals surface area contributed by atoms with Gasteiger partial charge in [-0.3, -0.25) is 0 Å². The lowest BCUT2D eigenvalue weighted by molar-refractivity contribution is 0.886. The molecule has 20 heavy (non-hydrogen) atoms. The third kappa shape index (κ3) is 2.01. The Bertz CT molecular complexity index is 788. The normalized spacial score (nSPS) is 11.0. The minimum atomic E-state index is 0.636. The molecule has 0 unspecified atom stereocenters. The molecule has 0 aliphatic rings. The van der Waals surface area contributed by atoms with E-state index in [1.807, 2.05) is 34.0 Å². The van der Waals surface area contributed by atoms with Crippen molar-refractivity contribution in [3.63, 3.8) is 0 Å². The molecule has 0 saturated heterocycles. The minimum absolute atomic E-state index is 0.636. The molecule has 0 bridgehead atoms. The van der Waals surface area contributed by atoms with Crippen molar-refractivity contribution in [2.75, 3.05) is 12.4 Å². The second-order valence-electron chi connectivity index (χ2n) is 4.89. The Balaban J connectivity index is 2.17. The van der Waals surface area contributed by atoms with Crippen molar-refractivity contribution in [2.45, 2.75) is 13.8 Å². The molecule has 0 aliphatic heterocycles. The van der Waals surface area contributed by atoms with Crippen LogP contribution in [-0.2, 0) is 7.05 Å². The molecule has 102 valence electrons. The fourth-order valence-electron chi connectivity index (χ4n) is 2.31. The van der Waals surface area contributed by atoms with Gasteiger partial charge in [-0.1, -0.05) is 6.07 Å². The molecular formula is C15H17N5. The number of benzene rings is 1. The Kier molecular flexibility index (Phi) is 2.89. The Labute approximate surface area is 117 Å². The summed E-state index contributed by atoms with van der Waals surface area (Å²) in [6, 6.07) is 8.22.